The van der Waals surface area contributed by atoms with Gasteiger partial charge >= 0.3 is 0 Å². The maximum Gasteiger partial charge on any atom is 0.166 e. The third-order valence-corrected chi connectivity index (χ3v) is 6.81. The van der Waals surface area contributed by atoms with Crippen LogP contribution in [0.25, 0.3) is 0 Å². The van der Waals surface area contributed by atoms with Gasteiger partial charge in [0.25, 0.3) is 0 Å². The fourth-order valence-corrected chi connectivity index (χ4v) is 4.74. The fourth-order valence-electron chi connectivity index (χ4n) is 4.74. The molecule has 0 aromatic heterocycles. The number of benzene rings is 1. The minimum absolute atomic E-state index is 0.0280. The Morgan fingerprint density at radius 1 is 1.12 bits per heavy atom. The third-order valence-electron chi connectivity index (χ3n) is 6.81. The molecule has 0 heterocycles. The number of allylic oxidation sites excluding steroid dienone is 5. The van der Waals surface area contributed by atoms with Crippen LogP contribution in [-0.2, 0) is 9.59 Å². The molecule has 0 bridgehead atoms. The molecule has 3 heteroatoms. The molecule has 2 aliphatic carbocycles. The van der Waals surface area contributed by atoms with Gasteiger partial charge in [-0.3, -0.25) is 9.59 Å². The van der Waals surface area contributed by atoms with Gasteiger partial charge < -0.3 is 5.11 Å². The Morgan fingerprint density at radius 2 is 1.73 bits per heavy atom. The van der Waals surface area contributed by atoms with E-state index in [-0.39, 0.29) is 23.2 Å². The van der Waals surface area contributed by atoms with E-state index >= 15 is 0 Å². The molecule has 136 valence electrons. The Kier molecular flexibility index (Phi) is 4.10. The predicted octanol–water partition coefficient (Wildman–Crippen LogP) is 4.80. The zero-order chi connectivity index (χ0) is 19.4. The van der Waals surface area contributed by atoms with Crippen LogP contribution in [-0.4, -0.2) is 16.7 Å². The highest BCUT2D eigenvalue weighted by Gasteiger charge is 2.63. The van der Waals surface area contributed by atoms with E-state index in [1.54, 1.807) is 26.0 Å². The molecule has 0 aliphatic heterocycles. The number of hydrogen-bond acceptors (Lipinski definition) is 3. The van der Waals surface area contributed by atoms with Crippen LogP contribution in [0.15, 0.2) is 53.6 Å². The minimum atomic E-state index is -0.893. The summed E-state index contributed by atoms with van der Waals surface area (Å²) in [5, 5.41) is 9.92. The molecule has 0 radical (unpaired) electrons. The fraction of sp³-hybridized carbons (Fsp3) is 0.391. The molecule has 1 aromatic carbocycles. The summed E-state index contributed by atoms with van der Waals surface area (Å²) >= 11 is 0. The van der Waals surface area contributed by atoms with E-state index in [1.807, 2.05) is 39.0 Å². The molecular formula is C23H26O3. The van der Waals surface area contributed by atoms with Gasteiger partial charge in [-0.15, -0.1) is 0 Å². The average molecular weight is 350 g/mol. The number of carbonyl (C=O) groups excluding carboxylic acids is 2. The molecule has 26 heavy (non-hydrogen) atoms. The van der Waals surface area contributed by atoms with Crippen LogP contribution < -0.4 is 0 Å². The first kappa shape index (κ1) is 18.4. The van der Waals surface area contributed by atoms with Crippen LogP contribution in [0.1, 0.15) is 51.2 Å². The molecule has 0 fully saturated rings. The number of phenolic OH excluding ortho intramolecular Hbond substituents is 1. The van der Waals surface area contributed by atoms with Gasteiger partial charge in [0.2, 0.25) is 0 Å². The lowest BCUT2D eigenvalue weighted by atomic mass is 9.45. The number of Topliss-reactive ketones (excluding diaryl/α,β-unsaturated/α-hetero) is 2. The van der Waals surface area contributed by atoms with Crippen molar-refractivity contribution in [3.05, 3.63) is 64.8 Å². The lowest BCUT2D eigenvalue weighted by molar-refractivity contribution is -0.147. The van der Waals surface area contributed by atoms with Crippen molar-refractivity contribution in [3.63, 3.8) is 0 Å². The molecular weight excluding hydrogens is 324 g/mol. The van der Waals surface area contributed by atoms with Gasteiger partial charge in [0.15, 0.2) is 11.6 Å². The highest BCUT2D eigenvalue weighted by molar-refractivity contribution is 6.17. The van der Waals surface area contributed by atoms with Crippen LogP contribution in [0.2, 0.25) is 0 Å². The zero-order valence-electron chi connectivity index (χ0n) is 16.1. The molecule has 3 unspecified atom stereocenters. The van der Waals surface area contributed by atoms with Crippen molar-refractivity contribution in [2.45, 2.75) is 47.0 Å². The number of phenols is 1. The number of fused-ring (bicyclic) bond motifs is 1. The quantitative estimate of drug-likeness (QED) is 0.833. The molecule has 3 nitrogen and oxygen atoms in total. The van der Waals surface area contributed by atoms with E-state index in [1.165, 1.54) is 0 Å². The maximum atomic E-state index is 13.5. The van der Waals surface area contributed by atoms with Gasteiger partial charge in [-0.2, -0.15) is 0 Å². The van der Waals surface area contributed by atoms with Gasteiger partial charge in [-0.25, -0.2) is 0 Å². The zero-order valence-corrected chi connectivity index (χ0v) is 16.1. The summed E-state index contributed by atoms with van der Waals surface area (Å²) in [7, 11) is 0. The van der Waals surface area contributed by atoms with E-state index in [9.17, 15) is 14.7 Å². The van der Waals surface area contributed by atoms with Crippen LogP contribution in [0.5, 0.6) is 5.75 Å². The topological polar surface area (TPSA) is 54.4 Å². The van der Waals surface area contributed by atoms with Gasteiger partial charge in [0.05, 0.1) is 5.41 Å². The predicted molar refractivity (Wildman–Crippen MR) is 103 cm³/mol. The maximum absolute atomic E-state index is 13.5. The number of carbonyl (C=O) groups is 2. The molecule has 1 aromatic rings. The van der Waals surface area contributed by atoms with Crippen molar-refractivity contribution in [2.24, 2.45) is 10.8 Å². The molecule has 3 atom stereocenters. The molecule has 2 aliphatic rings. The monoisotopic (exact) mass is 350 g/mol. The minimum Gasteiger partial charge on any atom is -0.508 e. The van der Waals surface area contributed by atoms with Crippen LogP contribution in [0.3, 0.4) is 0 Å². The Hall–Kier alpha value is -2.42. The highest BCUT2D eigenvalue weighted by Crippen LogP contribution is 2.62. The van der Waals surface area contributed by atoms with E-state index in [0.29, 0.717) is 17.6 Å². The Labute approximate surface area is 155 Å². The van der Waals surface area contributed by atoms with Gasteiger partial charge in [0, 0.05) is 11.3 Å². The highest BCUT2D eigenvalue weighted by atomic mass is 16.3. The normalized spacial score (nSPS) is 31.6. The molecule has 0 saturated heterocycles. The standard InChI is InChI=1S/C23H26O3/c1-7-16-10-11-22(5)20(25)14(3)15(4)21(26)23(22,6)19(16)17-8-9-18(24)13(2)12-17/h7-10,12,19,24H,1,11H2,2-6H3. The van der Waals surface area contributed by atoms with E-state index in [4.69, 9.17) is 0 Å². The van der Waals surface area contributed by atoms with Crippen molar-refractivity contribution < 1.29 is 14.7 Å². The lowest BCUT2D eigenvalue weighted by Crippen LogP contribution is -2.57. The molecule has 0 spiro atoms. The van der Waals surface area contributed by atoms with Crippen LogP contribution in [0.4, 0.5) is 0 Å². The van der Waals surface area contributed by atoms with Gasteiger partial charge in [0.1, 0.15) is 5.75 Å². The third kappa shape index (κ3) is 2.13. The average Bonchev–Trinajstić information content (AvgIpc) is 2.62. The van der Waals surface area contributed by atoms with Crippen molar-refractivity contribution in [1.82, 2.24) is 0 Å². The Balaban J connectivity index is 2.34. The number of aromatic hydroxyl groups is 1. The number of aryl methyl sites for hydroxylation is 1. The summed E-state index contributed by atoms with van der Waals surface area (Å²) in [6.45, 7) is 13.1. The molecule has 0 amide bonds. The SMILES string of the molecule is C=CC1=CCC2(C)C(=O)C(C)=C(C)C(=O)C2(C)C1c1ccc(O)c(C)c1. The first-order valence-electron chi connectivity index (χ1n) is 8.98. The number of hydrogen-bond donors (Lipinski definition) is 1. The van der Waals surface area contributed by atoms with Crippen LogP contribution in [0, 0.1) is 17.8 Å². The van der Waals surface area contributed by atoms with Crippen molar-refractivity contribution in [1.29, 1.82) is 0 Å². The molecule has 0 saturated carbocycles. The van der Waals surface area contributed by atoms with Gasteiger partial charge in [-0.05, 0) is 61.1 Å². The second-order valence-corrected chi connectivity index (χ2v) is 8.03. The molecule has 1 N–H and O–H groups in total. The van der Waals surface area contributed by atoms with E-state index in [0.717, 1.165) is 16.7 Å². The van der Waals surface area contributed by atoms with Crippen molar-refractivity contribution >= 4 is 11.6 Å². The van der Waals surface area contributed by atoms with Crippen molar-refractivity contribution in [3.8, 4) is 5.75 Å². The largest absolute Gasteiger partial charge is 0.508 e. The Bertz CT molecular complexity index is 902. The summed E-state index contributed by atoms with van der Waals surface area (Å²) in [6.07, 6.45) is 4.35. The second-order valence-electron chi connectivity index (χ2n) is 8.03. The summed E-state index contributed by atoms with van der Waals surface area (Å²) < 4.78 is 0. The second kappa shape index (κ2) is 5.80. The van der Waals surface area contributed by atoms with Crippen LogP contribution >= 0.6 is 0 Å². The summed E-state index contributed by atoms with van der Waals surface area (Å²) in [5.41, 5.74) is 2.08. The lowest BCUT2D eigenvalue weighted by Gasteiger charge is -2.54. The van der Waals surface area contributed by atoms with Crippen molar-refractivity contribution in [2.75, 3.05) is 0 Å². The smallest absolute Gasteiger partial charge is 0.166 e. The first-order valence-corrected chi connectivity index (χ1v) is 8.98. The Morgan fingerprint density at radius 3 is 2.31 bits per heavy atom. The summed E-state index contributed by atoms with van der Waals surface area (Å²) in [4.78, 5) is 26.7. The molecule has 3 rings (SSSR count). The van der Waals surface area contributed by atoms with E-state index in [2.05, 4.69) is 6.58 Å². The summed E-state index contributed by atoms with van der Waals surface area (Å²) in [5.74, 6) is 0.0226. The first-order chi connectivity index (χ1) is 12.1. The number of ketones is 2. The number of rotatable bonds is 2. The summed E-state index contributed by atoms with van der Waals surface area (Å²) in [6, 6.07) is 5.41. The van der Waals surface area contributed by atoms with Gasteiger partial charge in [-0.1, -0.05) is 44.7 Å². The van der Waals surface area contributed by atoms with E-state index < -0.39 is 10.8 Å².